The van der Waals surface area contributed by atoms with Crippen molar-refractivity contribution < 1.29 is 14.3 Å². The van der Waals surface area contributed by atoms with Crippen LogP contribution in [0.15, 0.2) is 12.1 Å². The molecule has 6 heteroatoms. The maximum atomic E-state index is 12.4. The number of morpholine rings is 1. The lowest BCUT2D eigenvalue weighted by Gasteiger charge is -2.30. The summed E-state index contributed by atoms with van der Waals surface area (Å²) in [5.74, 6) is 0.574. The molecular formula is C15H21N3O3. The number of nitrogens with zero attached hydrogens (tertiary/aromatic N) is 1. The number of hydrogen-bond acceptors (Lipinski definition) is 5. The van der Waals surface area contributed by atoms with Crippen LogP contribution < -0.4 is 15.8 Å². The van der Waals surface area contributed by atoms with Crippen LogP contribution in [0, 0.1) is 0 Å². The molecular weight excluding hydrogens is 270 g/mol. The van der Waals surface area contributed by atoms with E-state index in [1.54, 1.807) is 12.1 Å². The minimum absolute atomic E-state index is 0.0470. The van der Waals surface area contributed by atoms with E-state index in [1.807, 2.05) is 0 Å². The highest BCUT2D eigenvalue weighted by atomic mass is 16.5. The second-order valence-electron chi connectivity index (χ2n) is 5.57. The van der Waals surface area contributed by atoms with Gasteiger partial charge >= 0.3 is 0 Å². The third-order valence-corrected chi connectivity index (χ3v) is 3.97. The van der Waals surface area contributed by atoms with Gasteiger partial charge in [0.1, 0.15) is 5.75 Å². The van der Waals surface area contributed by atoms with Crippen molar-refractivity contribution in [3.8, 4) is 5.75 Å². The molecule has 0 saturated carbocycles. The summed E-state index contributed by atoms with van der Waals surface area (Å²) in [6, 6.07) is 3.50. The van der Waals surface area contributed by atoms with Gasteiger partial charge in [0.15, 0.2) is 0 Å². The highest BCUT2D eigenvalue weighted by Gasteiger charge is 2.24. The summed E-state index contributed by atoms with van der Waals surface area (Å²) < 4.78 is 11.1. The van der Waals surface area contributed by atoms with Crippen LogP contribution in [0.5, 0.6) is 5.75 Å². The lowest BCUT2D eigenvalue weighted by atomic mass is 10.0. The van der Waals surface area contributed by atoms with E-state index in [0.717, 1.165) is 25.1 Å². The Labute approximate surface area is 124 Å². The first-order valence-electron chi connectivity index (χ1n) is 7.27. The molecule has 1 aromatic carbocycles. The van der Waals surface area contributed by atoms with Gasteiger partial charge in [-0.05, 0) is 19.2 Å². The van der Waals surface area contributed by atoms with Crippen molar-refractivity contribution in [1.29, 1.82) is 0 Å². The Morgan fingerprint density at radius 2 is 2.33 bits per heavy atom. The third-order valence-electron chi connectivity index (χ3n) is 3.97. The standard InChI is InChI=1S/C15H21N3O3/c1-18-5-7-20-10(9-18)8-17-15(19)12-2-3-13(16)14-11(12)4-6-21-14/h2-3,10H,4-9,16H2,1H3,(H,17,19). The molecule has 1 amide bonds. The SMILES string of the molecule is CN1CCOC(CNC(=O)c2ccc(N)c3c2CCO3)C1. The molecule has 3 N–H and O–H groups in total. The molecule has 2 aliphatic rings. The zero-order valence-corrected chi connectivity index (χ0v) is 12.2. The van der Waals surface area contributed by atoms with Crippen molar-refractivity contribution in [2.75, 3.05) is 45.6 Å². The number of fused-ring (bicyclic) bond motifs is 1. The van der Waals surface area contributed by atoms with Gasteiger partial charge in [-0.15, -0.1) is 0 Å². The fourth-order valence-corrected chi connectivity index (χ4v) is 2.82. The van der Waals surface area contributed by atoms with Gasteiger partial charge in [0.05, 0.1) is 25.0 Å². The van der Waals surface area contributed by atoms with Crippen LogP contribution in [-0.4, -0.2) is 56.8 Å². The molecule has 1 atom stereocenters. The van der Waals surface area contributed by atoms with Crippen LogP contribution in [0.4, 0.5) is 5.69 Å². The number of nitrogen functional groups attached to an aromatic ring is 1. The number of likely N-dealkylation sites (N-methyl/N-ethyl adjacent to an activating group) is 1. The minimum Gasteiger partial charge on any atom is -0.491 e. The average Bonchev–Trinajstić information content (AvgIpc) is 2.95. The summed E-state index contributed by atoms with van der Waals surface area (Å²) in [4.78, 5) is 14.6. The maximum absolute atomic E-state index is 12.4. The summed E-state index contributed by atoms with van der Waals surface area (Å²) in [7, 11) is 2.06. The fourth-order valence-electron chi connectivity index (χ4n) is 2.82. The Morgan fingerprint density at radius 1 is 1.48 bits per heavy atom. The van der Waals surface area contributed by atoms with Gasteiger partial charge in [0, 0.05) is 37.2 Å². The van der Waals surface area contributed by atoms with Crippen molar-refractivity contribution in [1.82, 2.24) is 10.2 Å². The molecule has 2 aliphatic heterocycles. The Kier molecular flexibility index (Phi) is 3.98. The Balaban J connectivity index is 1.65. The highest BCUT2D eigenvalue weighted by Crippen LogP contribution is 2.34. The number of rotatable bonds is 3. The number of nitrogens with one attached hydrogen (secondary N) is 1. The van der Waals surface area contributed by atoms with Crippen LogP contribution in [0.1, 0.15) is 15.9 Å². The molecule has 1 fully saturated rings. The molecule has 3 rings (SSSR count). The van der Waals surface area contributed by atoms with Crippen molar-refractivity contribution in [2.24, 2.45) is 0 Å². The Morgan fingerprint density at radius 3 is 3.14 bits per heavy atom. The highest BCUT2D eigenvalue weighted by molar-refractivity contribution is 5.97. The Bertz CT molecular complexity index is 547. The smallest absolute Gasteiger partial charge is 0.251 e. The summed E-state index contributed by atoms with van der Waals surface area (Å²) in [6.07, 6.45) is 0.775. The van der Waals surface area contributed by atoms with Crippen LogP contribution in [-0.2, 0) is 11.2 Å². The number of anilines is 1. The number of ether oxygens (including phenoxy) is 2. The van der Waals surface area contributed by atoms with E-state index in [4.69, 9.17) is 15.2 Å². The van der Waals surface area contributed by atoms with Gasteiger partial charge < -0.3 is 25.4 Å². The molecule has 1 unspecified atom stereocenters. The summed E-state index contributed by atoms with van der Waals surface area (Å²) in [6.45, 7) is 3.59. The van der Waals surface area contributed by atoms with E-state index in [0.29, 0.717) is 36.8 Å². The number of hydrogen-bond donors (Lipinski definition) is 2. The van der Waals surface area contributed by atoms with Crippen molar-refractivity contribution in [2.45, 2.75) is 12.5 Å². The van der Waals surface area contributed by atoms with Crippen LogP contribution >= 0.6 is 0 Å². The predicted octanol–water partition coefficient (Wildman–Crippen LogP) is 0.264. The van der Waals surface area contributed by atoms with Gasteiger partial charge in [0.25, 0.3) is 5.91 Å². The second-order valence-corrected chi connectivity index (χ2v) is 5.57. The van der Waals surface area contributed by atoms with Crippen LogP contribution in [0.25, 0.3) is 0 Å². The quantitative estimate of drug-likeness (QED) is 0.782. The minimum atomic E-state index is -0.0893. The zero-order chi connectivity index (χ0) is 14.8. The topological polar surface area (TPSA) is 76.8 Å². The number of benzene rings is 1. The first kappa shape index (κ1) is 14.2. The second kappa shape index (κ2) is 5.91. The van der Waals surface area contributed by atoms with E-state index in [1.165, 1.54) is 0 Å². The summed E-state index contributed by atoms with van der Waals surface area (Å²) in [5, 5.41) is 2.95. The first-order valence-corrected chi connectivity index (χ1v) is 7.27. The van der Waals surface area contributed by atoms with Crippen molar-refractivity contribution >= 4 is 11.6 Å². The number of nitrogens with two attached hydrogens (primary N) is 1. The monoisotopic (exact) mass is 291 g/mol. The van der Waals surface area contributed by atoms with E-state index in [2.05, 4.69) is 17.3 Å². The van der Waals surface area contributed by atoms with Crippen molar-refractivity contribution in [3.63, 3.8) is 0 Å². The molecule has 0 radical (unpaired) electrons. The lowest BCUT2D eigenvalue weighted by molar-refractivity contribution is -0.0175. The van der Waals surface area contributed by atoms with Crippen LogP contribution in [0.2, 0.25) is 0 Å². The largest absolute Gasteiger partial charge is 0.491 e. The molecule has 1 saturated heterocycles. The van der Waals surface area contributed by atoms with Gasteiger partial charge in [-0.25, -0.2) is 0 Å². The van der Waals surface area contributed by atoms with Crippen LogP contribution in [0.3, 0.4) is 0 Å². The maximum Gasteiger partial charge on any atom is 0.251 e. The molecule has 0 spiro atoms. The molecule has 1 aromatic rings. The fraction of sp³-hybridized carbons (Fsp3) is 0.533. The summed E-state index contributed by atoms with van der Waals surface area (Å²) in [5.41, 5.74) is 8.02. The van der Waals surface area contributed by atoms with Gasteiger partial charge in [0.2, 0.25) is 0 Å². The van der Waals surface area contributed by atoms with Gasteiger partial charge in [-0.1, -0.05) is 0 Å². The number of carbonyl (C=O) groups excluding carboxylic acids is 1. The lowest BCUT2D eigenvalue weighted by Crippen LogP contribution is -2.46. The molecule has 0 aromatic heterocycles. The Hall–Kier alpha value is -1.79. The summed E-state index contributed by atoms with van der Waals surface area (Å²) >= 11 is 0. The van der Waals surface area contributed by atoms with E-state index in [-0.39, 0.29) is 12.0 Å². The molecule has 2 heterocycles. The number of amides is 1. The predicted molar refractivity (Wildman–Crippen MR) is 79.6 cm³/mol. The average molecular weight is 291 g/mol. The first-order chi connectivity index (χ1) is 10.1. The normalized spacial score (nSPS) is 21.7. The van der Waals surface area contributed by atoms with E-state index < -0.39 is 0 Å². The molecule has 0 bridgehead atoms. The third kappa shape index (κ3) is 2.96. The zero-order valence-electron chi connectivity index (χ0n) is 12.2. The van der Waals surface area contributed by atoms with E-state index >= 15 is 0 Å². The molecule has 0 aliphatic carbocycles. The van der Waals surface area contributed by atoms with Crippen molar-refractivity contribution in [3.05, 3.63) is 23.3 Å². The molecule has 6 nitrogen and oxygen atoms in total. The van der Waals surface area contributed by atoms with Gasteiger partial charge in [-0.2, -0.15) is 0 Å². The van der Waals surface area contributed by atoms with Gasteiger partial charge in [-0.3, -0.25) is 4.79 Å². The molecule has 114 valence electrons. The molecule has 21 heavy (non-hydrogen) atoms. The van der Waals surface area contributed by atoms with E-state index in [9.17, 15) is 4.79 Å². The number of carbonyl (C=O) groups is 1.